The topological polar surface area (TPSA) is 64.1 Å². The Balaban J connectivity index is 2.34. The molecule has 2 rings (SSSR count). The van der Waals surface area contributed by atoms with E-state index >= 15 is 0 Å². The largest absolute Gasteiger partial charge is 0.348 e. The predicted octanol–water partition coefficient (Wildman–Crippen LogP) is 2.38. The first kappa shape index (κ1) is 15.9. The van der Waals surface area contributed by atoms with E-state index in [0.717, 1.165) is 23.8 Å². The third-order valence-electron chi connectivity index (χ3n) is 4.61. The van der Waals surface area contributed by atoms with Gasteiger partial charge in [-0.1, -0.05) is 33.6 Å². The molecular weight excluding hydrogens is 275 g/mol. The maximum absolute atomic E-state index is 14.7. The Bertz CT molecular complexity index is 597. The van der Waals surface area contributed by atoms with Gasteiger partial charge in [0.2, 0.25) is 0 Å². The average molecular weight is 298 g/mol. The third-order valence-corrected chi connectivity index (χ3v) is 4.61. The number of aromatic amines is 1. The van der Waals surface area contributed by atoms with Crippen molar-refractivity contribution in [3.63, 3.8) is 0 Å². The van der Waals surface area contributed by atoms with Crippen molar-refractivity contribution >= 4 is 0 Å². The van der Waals surface area contributed by atoms with Crippen molar-refractivity contribution in [2.45, 2.75) is 64.5 Å². The first-order chi connectivity index (χ1) is 9.95. The molecule has 0 bridgehead atoms. The van der Waals surface area contributed by atoms with Crippen molar-refractivity contribution in [3.05, 3.63) is 33.1 Å². The fraction of sp³-hybridized carbons (Fsp3) is 0.733. The molecule has 1 fully saturated rings. The van der Waals surface area contributed by atoms with Crippen LogP contribution in [-0.4, -0.2) is 21.3 Å². The van der Waals surface area contributed by atoms with Crippen LogP contribution in [0.1, 0.15) is 52.7 Å². The van der Waals surface area contributed by atoms with Gasteiger partial charge in [-0.15, -0.1) is 0 Å². The molecule has 118 valence electrons. The standard InChI is InChI=1S/C15H23FN2O3/c1-4-6-8-15(5-2)10(3)12(16)13(21-15)18-9-7-11(19)17-14(18)20/h7,9-10,12-13H,4-6,8H2,1-3H3,(H,17,19,20)/t10-,12+,13+,15-/m0/s1. The Kier molecular flexibility index (Phi) is 4.66. The molecule has 0 spiro atoms. The molecule has 4 atom stereocenters. The fourth-order valence-electron chi connectivity index (χ4n) is 3.13. The minimum Gasteiger partial charge on any atom is -0.348 e. The van der Waals surface area contributed by atoms with Crippen LogP contribution >= 0.6 is 0 Å². The first-order valence-electron chi connectivity index (χ1n) is 7.58. The molecule has 0 aliphatic carbocycles. The van der Waals surface area contributed by atoms with Crippen LogP contribution in [0.2, 0.25) is 0 Å². The maximum Gasteiger partial charge on any atom is 0.330 e. The van der Waals surface area contributed by atoms with E-state index < -0.39 is 29.2 Å². The van der Waals surface area contributed by atoms with Crippen LogP contribution in [0.3, 0.4) is 0 Å². The van der Waals surface area contributed by atoms with Crippen LogP contribution in [0.4, 0.5) is 4.39 Å². The molecule has 0 aromatic carbocycles. The molecule has 6 heteroatoms. The summed E-state index contributed by atoms with van der Waals surface area (Å²) in [7, 11) is 0. The van der Waals surface area contributed by atoms with Crippen molar-refractivity contribution in [1.82, 2.24) is 9.55 Å². The number of nitrogens with zero attached hydrogens (tertiary/aromatic N) is 1. The van der Waals surface area contributed by atoms with E-state index in [1.165, 1.54) is 12.3 Å². The Hall–Kier alpha value is -1.43. The van der Waals surface area contributed by atoms with E-state index in [1.54, 1.807) is 0 Å². The molecule has 2 heterocycles. The summed E-state index contributed by atoms with van der Waals surface area (Å²) < 4.78 is 21.8. The van der Waals surface area contributed by atoms with Gasteiger partial charge in [-0.2, -0.15) is 0 Å². The van der Waals surface area contributed by atoms with Crippen molar-refractivity contribution < 1.29 is 9.13 Å². The van der Waals surface area contributed by atoms with E-state index in [-0.39, 0.29) is 5.92 Å². The molecule has 1 aromatic rings. The Morgan fingerprint density at radius 2 is 2.14 bits per heavy atom. The highest BCUT2D eigenvalue weighted by Gasteiger charge is 2.52. The number of nitrogens with one attached hydrogen (secondary N) is 1. The van der Waals surface area contributed by atoms with Crippen LogP contribution < -0.4 is 11.2 Å². The van der Waals surface area contributed by atoms with E-state index in [4.69, 9.17) is 4.74 Å². The molecular formula is C15H23FN2O3. The monoisotopic (exact) mass is 298 g/mol. The molecule has 0 amide bonds. The summed E-state index contributed by atoms with van der Waals surface area (Å²) in [5.74, 6) is -0.294. The zero-order valence-corrected chi connectivity index (χ0v) is 12.8. The highest BCUT2D eigenvalue weighted by atomic mass is 19.1. The quantitative estimate of drug-likeness (QED) is 0.907. The van der Waals surface area contributed by atoms with Gasteiger partial charge in [0, 0.05) is 18.2 Å². The normalized spacial score (nSPS) is 32.5. The molecule has 1 saturated heterocycles. The van der Waals surface area contributed by atoms with Gasteiger partial charge in [0.05, 0.1) is 5.60 Å². The molecule has 0 saturated carbocycles. The Morgan fingerprint density at radius 1 is 1.43 bits per heavy atom. The van der Waals surface area contributed by atoms with E-state index in [9.17, 15) is 14.0 Å². The second kappa shape index (κ2) is 6.13. The summed E-state index contributed by atoms with van der Waals surface area (Å²) >= 11 is 0. The second-order valence-corrected chi connectivity index (χ2v) is 5.78. The van der Waals surface area contributed by atoms with Gasteiger partial charge in [0.25, 0.3) is 5.56 Å². The molecule has 1 aromatic heterocycles. The lowest BCUT2D eigenvalue weighted by Gasteiger charge is -2.31. The zero-order valence-electron chi connectivity index (χ0n) is 12.8. The van der Waals surface area contributed by atoms with E-state index in [1.807, 2.05) is 13.8 Å². The molecule has 1 aliphatic heterocycles. The molecule has 21 heavy (non-hydrogen) atoms. The smallest absolute Gasteiger partial charge is 0.330 e. The summed E-state index contributed by atoms with van der Waals surface area (Å²) in [6.07, 6.45) is 2.50. The summed E-state index contributed by atoms with van der Waals surface area (Å²) in [5.41, 5.74) is -1.68. The van der Waals surface area contributed by atoms with Crippen LogP contribution in [0.5, 0.6) is 0 Å². The Morgan fingerprint density at radius 3 is 2.71 bits per heavy atom. The van der Waals surface area contributed by atoms with Gasteiger partial charge in [-0.05, 0) is 12.8 Å². The lowest BCUT2D eigenvalue weighted by Crippen LogP contribution is -2.35. The number of unbranched alkanes of at least 4 members (excludes halogenated alkanes) is 1. The van der Waals surface area contributed by atoms with Gasteiger partial charge in [-0.25, -0.2) is 9.18 Å². The number of hydrogen-bond acceptors (Lipinski definition) is 3. The minimum absolute atomic E-state index is 0.294. The number of rotatable bonds is 5. The lowest BCUT2D eigenvalue weighted by atomic mass is 9.81. The van der Waals surface area contributed by atoms with Gasteiger partial charge in [0.15, 0.2) is 12.4 Å². The number of ether oxygens (including phenoxy) is 1. The van der Waals surface area contributed by atoms with Crippen LogP contribution in [-0.2, 0) is 4.74 Å². The summed E-state index contributed by atoms with van der Waals surface area (Å²) in [6, 6.07) is 1.21. The van der Waals surface area contributed by atoms with Crippen LogP contribution in [0.15, 0.2) is 21.9 Å². The zero-order chi connectivity index (χ0) is 15.6. The van der Waals surface area contributed by atoms with Crippen molar-refractivity contribution in [2.75, 3.05) is 0 Å². The lowest BCUT2D eigenvalue weighted by molar-refractivity contribution is -0.0969. The third kappa shape index (κ3) is 2.81. The molecule has 5 nitrogen and oxygen atoms in total. The van der Waals surface area contributed by atoms with Crippen LogP contribution in [0.25, 0.3) is 0 Å². The van der Waals surface area contributed by atoms with Gasteiger partial charge in [0.1, 0.15) is 0 Å². The highest BCUT2D eigenvalue weighted by molar-refractivity contribution is 4.99. The molecule has 0 unspecified atom stereocenters. The van der Waals surface area contributed by atoms with E-state index in [2.05, 4.69) is 11.9 Å². The summed E-state index contributed by atoms with van der Waals surface area (Å²) in [4.78, 5) is 25.1. The second-order valence-electron chi connectivity index (χ2n) is 5.78. The number of halogens is 1. The molecule has 0 radical (unpaired) electrons. The minimum atomic E-state index is -1.27. The number of H-pyrrole nitrogens is 1. The maximum atomic E-state index is 14.7. The number of hydrogen-bond donors (Lipinski definition) is 1. The fourth-order valence-corrected chi connectivity index (χ4v) is 3.13. The van der Waals surface area contributed by atoms with Gasteiger partial charge in [-0.3, -0.25) is 14.3 Å². The number of aromatic nitrogens is 2. The first-order valence-corrected chi connectivity index (χ1v) is 7.58. The average Bonchev–Trinajstić information content (AvgIpc) is 2.71. The predicted molar refractivity (Wildman–Crippen MR) is 78.1 cm³/mol. The van der Waals surface area contributed by atoms with Gasteiger partial charge < -0.3 is 4.74 Å². The molecule has 1 N–H and O–H groups in total. The molecule has 1 aliphatic rings. The summed E-state index contributed by atoms with van der Waals surface area (Å²) in [6.45, 7) is 5.90. The van der Waals surface area contributed by atoms with Gasteiger partial charge >= 0.3 is 5.69 Å². The highest BCUT2D eigenvalue weighted by Crippen LogP contribution is 2.47. The van der Waals surface area contributed by atoms with Crippen molar-refractivity contribution in [3.8, 4) is 0 Å². The van der Waals surface area contributed by atoms with E-state index in [0.29, 0.717) is 6.42 Å². The van der Waals surface area contributed by atoms with Crippen molar-refractivity contribution in [1.29, 1.82) is 0 Å². The Labute approximate surface area is 123 Å². The van der Waals surface area contributed by atoms with Crippen LogP contribution in [0, 0.1) is 5.92 Å². The van der Waals surface area contributed by atoms with Crippen molar-refractivity contribution in [2.24, 2.45) is 5.92 Å². The SMILES string of the molecule is CCCC[C@]1(CC)O[C@@H](n2ccc(=O)[nH]c2=O)[C@H](F)[C@@H]1C. The summed E-state index contributed by atoms with van der Waals surface area (Å²) in [5, 5.41) is 0. The number of alkyl halides is 1.